The fourth-order valence-electron chi connectivity index (χ4n) is 1.88. The van der Waals surface area contributed by atoms with Crippen molar-refractivity contribution in [2.45, 2.75) is 65.5 Å². The molecular weight excluding hydrogens is 210 g/mol. The summed E-state index contributed by atoms with van der Waals surface area (Å²) < 4.78 is 2.04. The van der Waals surface area contributed by atoms with Crippen LogP contribution in [0.1, 0.15) is 58.7 Å². The fourth-order valence-corrected chi connectivity index (χ4v) is 1.88. The smallest absolute Gasteiger partial charge is 0.0624 e. The lowest BCUT2D eigenvalue weighted by Crippen LogP contribution is -2.26. The molecule has 0 bridgehead atoms. The maximum absolute atomic E-state index is 4.57. The molecule has 1 aromatic rings. The SMILES string of the molecule is CCCNC(C)CCCc1ccn(C(C)C)n1. The minimum Gasteiger partial charge on any atom is -0.314 e. The number of aryl methyl sites for hydroxylation is 1. The second kappa shape index (κ2) is 7.49. The van der Waals surface area contributed by atoms with Crippen LogP contribution in [-0.2, 0) is 6.42 Å². The molecule has 0 aliphatic heterocycles. The maximum Gasteiger partial charge on any atom is 0.0624 e. The van der Waals surface area contributed by atoms with Gasteiger partial charge in [-0.15, -0.1) is 0 Å². The second-order valence-corrected chi connectivity index (χ2v) is 5.13. The van der Waals surface area contributed by atoms with E-state index in [0.29, 0.717) is 12.1 Å². The number of hydrogen-bond acceptors (Lipinski definition) is 2. The molecule has 1 heterocycles. The number of nitrogens with one attached hydrogen (secondary N) is 1. The van der Waals surface area contributed by atoms with E-state index in [1.807, 2.05) is 4.68 Å². The molecule has 98 valence electrons. The molecule has 1 N–H and O–H groups in total. The van der Waals surface area contributed by atoms with Gasteiger partial charge in [0.25, 0.3) is 0 Å². The van der Waals surface area contributed by atoms with E-state index in [2.05, 4.69) is 50.4 Å². The molecule has 0 fully saturated rings. The van der Waals surface area contributed by atoms with E-state index in [1.54, 1.807) is 0 Å². The van der Waals surface area contributed by atoms with Crippen LogP contribution in [-0.4, -0.2) is 22.4 Å². The fraction of sp³-hybridized carbons (Fsp3) is 0.786. The normalized spacial score (nSPS) is 13.2. The summed E-state index contributed by atoms with van der Waals surface area (Å²) in [4.78, 5) is 0. The third-order valence-electron chi connectivity index (χ3n) is 3.01. The van der Waals surface area contributed by atoms with E-state index in [0.717, 1.165) is 13.0 Å². The Morgan fingerprint density at radius 1 is 1.35 bits per heavy atom. The minimum absolute atomic E-state index is 0.467. The Balaban J connectivity index is 2.21. The third-order valence-corrected chi connectivity index (χ3v) is 3.01. The maximum atomic E-state index is 4.57. The second-order valence-electron chi connectivity index (χ2n) is 5.13. The van der Waals surface area contributed by atoms with Crippen LogP contribution in [0.2, 0.25) is 0 Å². The minimum atomic E-state index is 0.467. The zero-order valence-corrected chi connectivity index (χ0v) is 11.7. The zero-order chi connectivity index (χ0) is 12.7. The van der Waals surface area contributed by atoms with Crippen LogP contribution in [0.4, 0.5) is 0 Å². The first-order valence-corrected chi connectivity index (χ1v) is 6.91. The third kappa shape index (κ3) is 5.35. The van der Waals surface area contributed by atoms with Crippen molar-refractivity contribution in [2.75, 3.05) is 6.54 Å². The Bertz CT molecular complexity index is 304. The highest BCUT2D eigenvalue weighted by atomic mass is 15.3. The Labute approximate surface area is 106 Å². The van der Waals surface area contributed by atoms with E-state index in [-0.39, 0.29) is 0 Å². The highest BCUT2D eigenvalue weighted by Gasteiger charge is 2.04. The van der Waals surface area contributed by atoms with Gasteiger partial charge >= 0.3 is 0 Å². The first-order chi connectivity index (χ1) is 8.13. The van der Waals surface area contributed by atoms with E-state index in [9.17, 15) is 0 Å². The molecule has 0 aliphatic rings. The summed E-state index contributed by atoms with van der Waals surface area (Å²) in [5.41, 5.74) is 1.22. The Morgan fingerprint density at radius 3 is 2.71 bits per heavy atom. The van der Waals surface area contributed by atoms with Crippen molar-refractivity contribution in [1.29, 1.82) is 0 Å². The molecule has 17 heavy (non-hydrogen) atoms. The Morgan fingerprint density at radius 2 is 2.12 bits per heavy atom. The molecular formula is C14H27N3. The summed E-state index contributed by atoms with van der Waals surface area (Å²) in [7, 11) is 0. The number of rotatable bonds is 8. The van der Waals surface area contributed by atoms with Crippen molar-refractivity contribution in [3.05, 3.63) is 18.0 Å². The van der Waals surface area contributed by atoms with Crippen LogP contribution >= 0.6 is 0 Å². The first kappa shape index (κ1) is 14.2. The van der Waals surface area contributed by atoms with Gasteiger partial charge in [-0.2, -0.15) is 5.10 Å². The average Bonchev–Trinajstić information content (AvgIpc) is 2.75. The van der Waals surface area contributed by atoms with Crippen molar-refractivity contribution < 1.29 is 0 Å². The molecule has 0 saturated carbocycles. The summed E-state index contributed by atoms with van der Waals surface area (Å²) in [6.45, 7) is 9.92. The lowest BCUT2D eigenvalue weighted by molar-refractivity contribution is 0.491. The highest BCUT2D eigenvalue weighted by molar-refractivity contribution is 4.99. The van der Waals surface area contributed by atoms with E-state index in [4.69, 9.17) is 0 Å². The van der Waals surface area contributed by atoms with Crippen LogP contribution in [0, 0.1) is 0 Å². The zero-order valence-electron chi connectivity index (χ0n) is 11.7. The monoisotopic (exact) mass is 237 g/mol. The number of hydrogen-bond donors (Lipinski definition) is 1. The van der Waals surface area contributed by atoms with Crippen LogP contribution in [0.25, 0.3) is 0 Å². The van der Waals surface area contributed by atoms with Gasteiger partial charge in [0, 0.05) is 18.3 Å². The summed E-state index contributed by atoms with van der Waals surface area (Å²) in [5.74, 6) is 0. The Hall–Kier alpha value is -0.830. The van der Waals surface area contributed by atoms with Gasteiger partial charge in [0.2, 0.25) is 0 Å². The first-order valence-electron chi connectivity index (χ1n) is 6.91. The van der Waals surface area contributed by atoms with Gasteiger partial charge in [0.05, 0.1) is 5.69 Å². The largest absolute Gasteiger partial charge is 0.314 e. The van der Waals surface area contributed by atoms with Gasteiger partial charge in [0.1, 0.15) is 0 Å². The predicted molar refractivity (Wildman–Crippen MR) is 73.3 cm³/mol. The van der Waals surface area contributed by atoms with Crippen molar-refractivity contribution in [3.63, 3.8) is 0 Å². The molecule has 0 radical (unpaired) electrons. The van der Waals surface area contributed by atoms with E-state index < -0.39 is 0 Å². The topological polar surface area (TPSA) is 29.9 Å². The number of nitrogens with zero attached hydrogens (tertiary/aromatic N) is 2. The summed E-state index contributed by atoms with van der Waals surface area (Å²) in [6, 6.07) is 3.24. The predicted octanol–water partition coefficient (Wildman–Crippen LogP) is 3.17. The van der Waals surface area contributed by atoms with E-state index in [1.165, 1.54) is 25.0 Å². The van der Waals surface area contributed by atoms with Crippen molar-refractivity contribution in [3.8, 4) is 0 Å². The molecule has 0 amide bonds. The van der Waals surface area contributed by atoms with Gasteiger partial charge in [-0.1, -0.05) is 6.92 Å². The van der Waals surface area contributed by atoms with Gasteiger partial charge in [0.15, 0.2) is 0 Å². The molecule has 3 heteroatoms. The van der Waals surface area contributed by atoms with Crippen LogP contribution in [0.5, 0.6) is 0 Å². The molecule has 1 atom stereocenters. The molecule has 1 aromatic heterocycles. The lowest BCUT2D eigenvalue weighted by atomic mass is 10.1. The van der Waals surface area contributed by atoms with Crippen molar-refractivity contribution >= 4 is 0 Å². The van der Waals surface area contributed by atoms with Gasteiger partial charge < -0.3 is 5.32 Å². The number of aromatic nitrogens is 2. The van der Waals surface area contributed by atoms with Crippen LogP contribution in [0.15, 0.2) is 12.3 Å². The molecule has 0 saturated heterocycles. The van der Waals surface area contributed by atoms with Gasteiger partial charge in [-0.05, 0) is 59.1 Å². The molecule has 3 nitrogen and oxygen atoms in total. The molecule has 0 aromatic carbocycles. The summed E-state index contributed by atoms with van der Waals surface area (Å²) in [6.07, 6.45) is 6.83. The summed E-state index contributed by atoms with van der Waals surface area (Å²) in [5, 5.41) is 8.08. The van der Waals surface area contributed by atoms with Crippen LogP contribution < -0.4 is 5.32 Å². The Kier molecular flexibility index (Phi) is 6.27. The quantitative estimate of drug-likeness (QED) is 0.752. The standard InChI is InChI=1S/C14H27N3/c1-5-10-15-13(4)7-6-8-14-9-11-17(16-14)12(2)3/h9,11-13,15H,5-8,10H2,1-4H3. The molecule has 0 spiro atoms. The van der Waals surface area contributed by atoms with Crippen molar-refractivity contribution in [2.24, 2.45) is 0 Å². The molecule has 1 rings (SSSR count). The summed E-state index contributed by atoms with van der Waals surface area (Å²) >= 11 is 0. The molecule has 0 aliphatic carbocycles. The average molecular weight is 237 g/mol. The molecule has 1 unspecified atom stereocenters. The van der Waals surface area contributed by atoms with Gasteiger partial charge in [-0.25, -0.2) is 0 Å². The lowest BCUT2D eigenvalue weighted by Gasteiger charge is -2.12. The van der Waals surface area contributed by atoms with E-state index >= 15 is 0 Å². The highest BCUT2D eigenvalue weighted by Crippen LogP contribution is 2.08. The van der Waals surface area contributed by atoms with Crippen molar-refractivity contribution in [1.82, 2.24) is 15.1 Å². The van der Waals surface area contributed by atoms with Crippen LogP contribution in [0.3, 0.4) is 0 Å². The van der Waals surface area contributed by atoms with Gasteiger partial charge in [-0.3, -0.25) is 4.68 Å².